The van der Waals surface area contributed by atoms with Crippen LogP contribution in [0, 0.1) is 0 Å². The highest BCUT2D eigenvalue weighted by atomic mass is 14.3. The van der Waals surface area contributed by atoms with Gasteiger partial charge in [0.1, 0.15) is 0 Å². The highest BCUT2D eigenvalue weighted by Gasteiger charge is 2.27. The van der Waals surface area contributed by atoms with Gasteiger partial charge in [0.2, 0.25) is 0 Å². The van der Waals surface area contributed by atoms with Gasteiger partial charge >= 0.3 is 0 Å². The van der Waals surface area contributed by atoms with Crippen molar-refractivity contribution in [1.82, 2.24) is 0 Å². The molecular formula is C19H22. The smallest absolute Gasteiger partial charge is 0.0126 e. The summed E-state index contributed by atoms with van der Waals surface area (Å²) in [6.45, 7) is 6.89. The molecule has 0 aromatic heterocycles. The van der Waals surface area contributed by atoms with E-state index in [0.29, 0.717) is 0 Å². The van der Waals surface area contributed by atoms with E-state index >= 15 is 0 Å². The highest BCUT2D eigenvalue weighted by molar-refractivity contribution is 5.72. The van der Waals surface area contributed by atoms with E-state index in [-0.39, 0.29) is 5.41 Å². The van der Waals surface area contributed by atoms with E-state index in [4.69, 9.17) is 0 Å². The van der Waals surface area contributed by atoms with Crippen LogP contribution in [0.3, 0.4) is 0 Å². The van der Waals surface area contributed by atoms with Gasteiger partial charge in [-0.1, -0.05) is 69.3 Å². The molecule has 2 aromatic rings. The number of rotatable bonds is 2. The number of hydrogen-bond acceptors (Lipinski definition) is 0. The van der Waals surface area contributed by atoms with Crippen LogP contribution in [0.25, 0.3) is 11.1 Å². The molecule has 0 saturated heterocycles. The molecule has 1 saturated carbocycles. The van der Waals surface area contributed by atoms with Gasteiger partial charge in [-0.05, 0) is 46.4 Å². The van der Waals surface area contributed by atoms with Crippen molar-refractivity contribution in [3.05, 3.63) is 59.7 Å². The Balaban J connectivity index is 2.17. The predicted octanol–water partition coefficient (Wildman–Crippen LogP) is 5.53. The molecule has 3 rings (SSSR count). The van der Waals surface area contributed by atoms with Crippen molar-refractivity contribution < 1.29 is 0 Å². The van der Waals surface area contributed by atoms with Crippen LogP contribution < -0.4 is 0 Å². The van der Waals surface area contributed by atoms with Gasteiger partial charge in [-0.25, -0.2) is 0 Å². The zero-order valence-corrected chi connectivity index (χ0v) is 12.1. The summed E-state index contributed by atoms with van der Waals surface area (Å²) in [5.41, 5.74) is 6.03. The maximum Gasteiger partial charge on any atom is -0.0126 e. The van der Waals surface area contributed by atoms with Gasteiger partial charge in [0, 0.05) is 0 Å². The SMILES string of the molecule is CC(C)(C)c1ccccc1-c1ccccc1C1CC1. The first-order chi connectivity index (χ1) is 9.07. The van der Waals surface area contributed by atoms with Crippen molar-refractivity contribution in [2.75, 3.05) is 0 Å². The minimum absolute atomic E-state index is 0.188. The molecule has 1 aliphatic carbocycles. The third-order valence-corrected chi connectivity index (χ3v) is 4.00. The standard InChI is InChI=1S/C19H22/c1-19(2,3)18-11-7-6-10-17(18)16-9-5-4-8-15(16)14-12-13-14/h4-11,14H,12-13H2,1-3H3. The molecule has 0 atom stereocenters. The van der Waals surface area contributed by atoms with Crippen LogP contribution in [0.4, 0.5) is 0 Å². The van der Waals surface area contributed by atoms with Crippen LogP contribution in [0.2, 0.25) is 0 Å². The molecule has 0 bridgehead atoms. The van der Waals surface area contributed by atoms with Gasteiger partial charge in [0.15, 0.2) is 0 Å². The highest BCUT2D eigenvalue weighted by Crippen LogP contribution is 2.45. The van der Waals surface area contributed by atoms with Gasteiger partial charge in [-0.2, -0.15) is 0 Å². The summed E-state index contributed by atoms with van der Waals surface area (Å²) in [6, 6.07) is 17.8. The van der Waals surface area contributed by atoms with Gasteiger partial charge < -0.3 is 0 Å². The Hall–Kier alpha value is -1.56. The van der Waals surface area contributed by atoms with E-state index in [2.05, 4.69) is 69.3 Å². The van der Waals surface area contributed by atoms with Crippen LogP contribution in [0.15, 0.2) is 48.5 Å². The lowest BCUT2D eigenvalue weighted by Gasteiger charge is -2.24. The fourth-order valence-electron chi connectivity index (χ4n) is 2.86. The fraction of sp³-hybridized carbons (Fsp3) is 0.368. The Morgan fingerprint density at radius 3 is 2.00 bits per heavy atom. The molecule has 0 spiro atoms. The average molecular weight is 250 g/mol. The van der Waals surface area contributed by atoms with Gasteiger partial charge in [-0.3, -0.25) is 0 Å². The molecule has 1 aliphatic rings. The van der Waals surface area contributed by atoms with Crippen LogP contribution in [0.1, 0.15) is 50.7 Å². The quantitative estimate of drug-likeness (QED) is 0.657. The van der Waals surface area contributed by atoms with Crippen molar-refractivity contribution in [2.45, 2.75) is 44.9 Å². The molecule has 0 radical (unpaired) electrons. The van der Waals surface area contributed by atoms with Crippen molar-refractivity contribution in [2.24, 2.45) is 0 Å². The topological polar surface area (TPSA) is 0 Å². The molecule has 0 aliphatic heterocycles. The number of benzene rings is 2. The molecule has 0 heterocycles. The minimum Gasteiger partial charge on any atom is -0.0619 e. The Bertz CT molecular complexity index is 583. The first kappa shape index (κ1) is 12.5. The van der Waals surface area contributed by atoms with E-state index in [1.807, 2.05) is 0 Å². The summed E-state index contributed by atoms with van der Waals surface area (Å²) in [7, 11) is 0. The average Bonchev–Trinajstić information content (AvgIpc) is 3.22. The monoisotopic (exact) mass is 250 g/mol. The third kappa shape index (κ3) is 2.45. The lowest BCUT2D eigenvalue weighted by molar-refractivity contribution is 0.592. The zero-order valence-electron chi connectivity index (χ0n) is 12.1. The lowest BCUT2D eigenvalue weighted by Crippen LogP contribution is -2.12. The third-order valence-electron chi connectivity index (χ3n) is 4.00. The molecule has 19 heavy (non-hydrogen) atoms. The summed E-state index contributed by atoms with van der Waals surface area (Å²) >= 11 is 0. The summed E-state index contributed by atoms with van der Waals surface area (Å²) in [5.74, 6) is 0.796. The second-order valence-corrected chi connectivity index (χ2v) is 6.66. The summed E-state index contributed by atoms with van der Waals surface area (Å²) in [5, 5.41) is 0. The van der Waals surface area contributed by atoms with Gasteiger partial charge in [0.25, 0.3) is 0 Å². The molecule has 0 nitrogen and oxygen atoms in total. The molecular weight excluding hydrogens is 228 g/mol. The van der Waals surface area contributed by atoms with E-state index in [0.717, 1.165) is 5.92 Å². The van der Waals surface area contributed by atoms with Crippen molar-refractivity contribution in [1.29, 1.82) is 0 Å². The fourth-order valence-corrected chi connectivity index (χ4v) is 2.86. The molecule has 0 unspecified atom stereocenters. The summed E-state index contributed by atoms with van der Waals surface area (Å²) in [4.78, 5) is 0. The first-order valence-corrected chi connectivity index (χ1v) is 7.26. The lowest BCUT2D eigenvalue weighted by atomic mass is 9.80. The predicted molar refractivity (Wildman–Crippen MR) is 82.6 cm³/mol. The molecule has 1 fully saturated rings. The van der Waals surface area contributed by atoms with E-state index in [1.54, 1.807) is 5.56 Å². The van der Waals surface area contributed by atoms with Crippen LogP contribution in [0.5, 0.6) is 0 Å². The normalized spacial score (nSPS) is 15.5. The zero-order chi connectivity index (χ0) is 13.5. The summed E-state index contributed by atoms with van der Waals surface area (Å²) in [6.07, 6.45) is 2.71. The van der Waals surface area contributed by atoms with E-state index in [1.165, 1.54) is 29.5 Å². The molecule has 98 valence electrons. The van der Waals surface area contributed by atoms with Crippen LogP contribution >= 0.6 is 0 Å². The Morgan fingerprint density at radius 1 is 0.789 bits per heavy atom. The van der Waals surface area contributed by atoms with Gasteiger partial charge in [0.05, 0.1) is 0 Å². The van der Waals surface area contributed by atoms with Crippen molar-refractivity contribution >= 4 is 0 Å². The van der Waals surface area contributed by atoms with Crippen molar-refractivity contribution in [3.63, 3.8) is 0 Å². The number of hydrogen-bond donors (Lipinski definition) is 0. The van der Waals surface area contributed by atoms with E-state index < -0.39 is 0 Å². The first-order valence-electron chi connectivity index (χ1n) is 7.26. The second-order valence-electron chi connectivity index (χ2n) is 6.66. The van der Waals surface area contributed by atoms with Crippen molar-refractivity contribution in [3.8, 4) is 11.1 Å². The summed E-state index contributed by atoms with van der Waals surface area (Å²) < 4.78 is 0. The Labute approximate surface area is 116 Å². The largest absolute Gasteiger partial charge is 0.0619 e. The van der Waals surface area contributed by atoms with E-state index in [9.17, 15) is 0 Å². The Morgan fingerprint density at radius 2 is 1.37 bits per heavy atom. The van der Waals surface area contributed by atoms with Crippen LogP contribution in [-0.4, -0.2) is 0 Å². The maximum absolute atomic E-state index is 2.31. The maximum atomic E-state index is 2.31. The minimum atomic E-state index is 0.188. The molecule has 2 aromatic carbocycles. The molecule has 0 amide bonds. The molecule has 0 heteroatoms. The second kappa shape index (κ2) is 4.52. The van der Waals surface area contributed by atoms with Crippen LogP contribution in [-0.2, 0) is 5.41 Å². The Kier molecular flexibility index (Phi) is 2.97. The van der Waals surface area contributed by atoms with Gasteiger partial charge in [-0.15, -0.1) is 0 Å². The molecule has 0 N–H and O–H groups in total.